The van der Waals surface area contributed by atoms with E-state index in [0.29, 0.717) is 0 Å². The topological polar surface area (TPSA) is 29.6 Å². The Kier molecular flexibility index (Phi) is 3.52. The average molecular weight is 216 g/mol. The maximum atomic E-state index is 11.9. The van der Waals surface area contributed by atoms with Gasteiger partial charge in [-0.3, -0.25) is 4.79 Å². The van der Waals surface area contributed by atoms with Gasteiger partial charge in [-0.25, -0.2) is 0 Å². The summed E-state index contributed by atoms with van der Waals surface area (Å²) in [6.45, 7) is 2.13. The predicted molar refractivity (Wildman–Crippen MR) is 63.5 cm³/mol. The lowest BCUT2D eigenvalue weighted by molar-refractivity contribution is 0.0953. The first kappa shape index (κ1) is 11.1. The van der Waals surface area contributed by atoms with Gasteiger partial charge in [0, 0.05) is 5.56 Å². The first-order valence-corrected chi connectivity index (χ1v) is 5.74. The van der Waals surface area contributed by atoms with Crippen LogP contribution < -0.4 is 0 Å². The third kappa shape index (κ3) is 2.58. The van der Waals surface area contributed by atoms with E-state index < -0.39 is 0 Å². The second kappa shape index (κ2) is 5.08. The Hall–Kier alpha value is -1.41. The van der Waals surface area contributed by atoms with Crippen LogP contribution in [0.25, 0.3) is 0 Å². The lowest BCUT2D eigenvalue weighted by atomic mass is 10.1. The van der Waals surface area contributed by atoms with Crippen LogP contribution in [0, 0.1) is 0 Å². The summed E-state index contributed by atoms with van der Waals surface area (Å²) >= 11 is 0. The third-order valence-corrected chi connectivity index (χ3v) is 2.62. The van der Waals surface area contributed by atoms with E-state index in [9.17, 15) is 4.79 Å². The Labute approximate surface area is 95.9 Å². The van der Waals surface area contributed by atoms with Crippen LogP contribution >= 0.6 is 0 Å². The molecule has 0 unspecified atom stereocenters. The Morgan fingerprint density at radius 3 is 2.81 bits per heavy atom. The SMILES string of the molecule is CCC/C=C/[C@H]1O[C@@H]1C(=O)c1ccccc1. The number of Topliss-reactive ketones (excluding diaryl/α,β-unsaturated/α-hetero) is 1. The van der Waals surface area contributed by atoms with Crippen molar-refractivity contribution in [2.45, 2.75) is 32.0 Å². The number of unbranched alkanes of at least 4 members (excludes halogenated alkanes) is 1. The van der Waals surface area contributed by atoms with Gasteiger partial charge in [0.25, 0.3) is 0 Å². The molecule has 1 saturated heterocycles. The summed E-state index contributed by atoms with van der Waals surface area (Å²) in [4.78, 5) is 11.9. The number of ketones is 1. The van der Waals surface area contributed by atoms with Gasteiger partial charge < -0.3 is 4.74 Å². The highest BCUT2D eigenvalue weighted by molar-refractivity contribution is 6.01. The van der Waals surface area contributed by atoms with E-state index in [2.05, 4.69) is 13.0 Å². The molecule has 1 fully saturated rings. The molecular formula is C14H16O2. The van der Waals surface area contributed by atoms with Crippen LogP contribution in [0.4, 0.5) is 0 Å². The highest BCUT2D eigenvalue weighted by Gasteiger charge is 2.42. The zero-order valence-electron chi connectivity index (χ0n) is 9.43. The van der Waals surface area contributed by atoms with Gasteiger partial charge in [-0.15, -0.1) is 0 Å². The van der Waals surface area contributed by atoms with Crippen molar-refractivity contribution in [3.05, 3.63) is 48.0 Å². The molecule has 0 bridgehead atoms. The maximum absolute atomic E-state index is 11.9. The van der Waals surface area contributed by atoms with Gasteiger partial charge in [-0.05, 0) is 6.42 Å². The molecular weight excluding hydrogens is 200 g/mol. The molecule has 1 aromatic rings. The molecule has 2 rings (SSSR count). The molecule has 1 aliphatic rings. The molecule has 0 amide bonds. The fourth-order valence-electron chi connectivity index (χ4n) is 1.64. The van der Waals surface area contributed by atoms with E-state index in [1.165, 1.54) is 0 Å². The van der Waals surface area contributed by atoms with E-state index in [0.717, 1.165) is 18.4 Å². The highest BCUT2D eigenvalue weighted by Crippen LogP contribution is 2.27. The normalized spacial score (nSPS) is 23.6. The van der Waals surface area contributed by atoms with Gasteiger partial charge in [0.1, 0.15) is 6.10 Å². The Morgan fingerprint density at radius 2 is 2.12 bits per heavy atom. The van der Waals surface area contributed by atoms with Crippen molar-refractivity contribution in [2.75, 3.05) is 0 Å². The number of carbonyl (C=O) groups is 1. The molecule has 0 spiro atoms. The fraction of sp³-hybridized carbons (Fsp3) is 0.357. The summed E-state index contributed by atoms with van der Waals surface area (Å²) in [5.74, 6) is 0.0896. The molecule has 2 heteroatoms. The van der Waals surface area contributed by atoms with Crippen molar-refractivity contribution in [1.82, 2.24) is 0 Å². The van der Waals surface area contributed by atoms with Crippen LogP contribution in [0.5, 0.6) is 0 Å². The summed E-state index contributed by atoms with van der Waals surface area (Å²) in [7, 11) is 0. The van der Waals surface area contributed by atoms with E-state index in [-0.39, 0.29) is 18.0 Å². The molecule has 1 heterocycles. The first-order valence-electron chi connectivity index (χ1n) is 5.74. The van der Waals surface area contributed by atoms with Gasteiger partial charge in [0.15, 0.2) is 11.9 Å². The molecule has 0 aromatic heterocycles. The summed E-state index contributed by atoms with van der Waals surface area (Å²) in [6, 6.07) is 9.31. The fourth-order valence-corrected chi connectivity index (χ4v) is 1.64. The standard InChI is InChI=1S/C14H16O2/c1-2-3-5-10-12-14(16-12)13(15)11-8-6-4-7-9-11/h4-10,12,14H,2-3H2,1H3/b10-5+/t12-,14+/m1/s1. The van der Waals surface area contributed by atoms with E-state index in [4.69, 9.17) is 4.74 Å². The second-order valence-electron chi connectivity index (χ2n) is 3.97. The third-order valence-electron chi connectivity index (χ3n) is 2.62. The van der Waals surface area contributed by atoms with E-state index >= 15 is 0 Å². The largest absolute Gasteiger partial charge is 0.356 e. The number of rotatable bonds is 5. The minimum absolute atomic E-state index is 0.000689. The Balaban J connectivity index is 1.90. The first-order chi connectivity index (χ1) is 7.83. The zero-order chi connectivity index (χ0) is 11.4. The molecule has 0 N–H and O–H groups in total. The van der Waals surface area contributed by atoms with E-state index in [1.807, 2.05) is 36.4 Å². The van der Waals surface area contributed by atoms with Gasteiger partial charge in [-0.1, -0.05) is 55.8 Å². The van der Waals surface area contributed by atoms with Crippen molar-refractivity contribution in [3.8, 4) is 0 Å². The highest BCUT2D eigenvalue weighted by atomic mass is 16.6. The van der Waals surface area contributed by atoms with Crippen LogP contribution in [0.3, 0.4) is 0 Å². The van der Waals surface area contributed by atoms with Crippen molar-refractivity contribution in [2.24, 2.45) is 0 Å². The van der Waals surface area contributed by atoms with Gasteiger partial charge in [0.2, 0.25) is 0 Å². The average Bonchev–Trinajstić information content (AvgIpc) is 3.09. The number of benzene rings is 1. The zero-order valence-corrected chi connectivity index (χ0v) is 9.43. The summed E-state index contributed by atoms with van der Waals surface area (Å²) in [5, 5.41) is 0. The Bertz CT molecular complexity index is 381. The quantitative estimate of drug-likeness (QED) is 0.430. The maximum Gasteiger partial charge on any atom is 0.194 e. The lowest BCUT2D eigenvalue weighted by Gasteiger charge is -1.94. The number of ether oxygens (including phenoxy) is 1. The minimum Gasteiger partial charge on any atom is -0.356 e. The number of epoxide rings is 1. The molecule has 0 radical (unpaired) electrons. The number of hydrogen-bond acceptors (Lipinski definition) is 2. The minimum atomic E-state index is -0.254. The molecule has 2 atom stereocenters. The number of allylic oxidation sites excluding steroid dienone is 1. The molecule has 84 valence electrons. The molecule has 0 saturated carbocycles. The van der Waals surface area contributed by atoms with Crippen LogP contribution in [0.1, 0.15) is 30.1 Å². The van der Waals surface area contributed by atoms with Gasteiger partial charge in [-0.2, -0.15) is 0 Å². The molecule has 0 aliphatic carbocycles. The van der Waals surface area contributed by atoms with Crippen molar-refractivity contribution >= 4 is 5.78 Å². The van der Waals surface area contributed by atoms with Crippen molar-refractivity contribution < 1.29 is 9.53 Å². The van der Waals surface area contributed by atoms with Crippen LogP contribution in [0.15, 0.2) is 42.5 Å². The Morgan fingerprint density at radius 1 is 1.38 bits per heavy atom. The lowest BCUT2D eigenvalue weighted by Crippen LogP contribution is -2.09. The van der Waals surface area contributed by atoms with Crippen LogP contribution in [0.2, 0.25) is 0 Å². The molecule has 16 heavy (non-hydrogen) atoms. The molecule has 2 nitrogen and oxygen atoms in total. The van der Waals surface area contributed by atoms with Gasteiger partial charge >= 0.3 is 0 Å². The van der Waals surface area contributed by atoms with Crippen LogP contribution in [-0.2, 0) is 4.74 Å². The monoisotopic (exact) mass is 216 g/mol. The summed E-state index contributed by atoms with van der Waals surface area (Å²) in [5.41, 5.74) is 0.735. The van der Waals surface area contributed by atoms with Crippen molar-refractivity contribution in [1.29, 1.82) is 0 Å². The number of hydrogen-bond donors (Lipinski definition) is 0. The van der Waals surface area contributed by atoms with Crippen LogP contribution in [-0.4, -0.2) is 18.0 Å². The number of carbonyl (C=O) groups excluding carboxylic acids is 1. The van der Waals surface area contributed by atoms with Crippen molar-refractivity contribution in [3.63, 3.8) is 0 Å². The van der Waals surface area contributed by atoms with Gasteiger partial charge in [0.05, 0.1) is 0 Å². The van der Waals surface area contributed by atoms with E-state index in [1.54, 1.807) is 0 Å². The second-order valence-corrected chi connectivity index (χ2v) is 3.97. The molecule has 1 aliphatic heterocycles. The molecule has 1 aromatic carbocycles. The predicted octanol–water partition coefficient (Wildman–Crippen LogP) is 2.99. The summed E-state index contributed by atoms with van der Waals surface area (Å²) in [6.07, 6.45) is 6.00. The summed E-state index contributed by atoms with van der Waals surface area (Å²) < 4.78 is 5.34. The smallest absolute Gasteiger partial charge is 0.194 e.